The van der Waals surface area contributed by atoms with E-state index in [1.165, 1.54) is 0 Å². The lowest BCUT2D eigenvalue weighted by molar-refractivity contribution is -0.120. The van der Waals surface area contributed by atoms with Gasteiger partial charge in [0.2, 0.25) is 5.91 Å². The third-order valence-corrected chi connectivity index (χ3v) is 2.28. The summed E-state index contributed by atoms with van der Waals surface area (Å²) in [4.78, 5) is 10.7. The Morgan fingerprint density at radius 3 is 2.50 bits per heavy atom. The quantitative estimate of drug-likeness (QED) is 0.416. The van der Waals surface area contributed by atoms with Crippen LogP contribution in [0.5, 0.6) is 0 Å². The molecule has 0 aliphatic carbocycles. The Morgan fingerprint density at radius 1 is 1.92 bits per heavy atom. The monoisotopic (exact) mass is 210 g/mol. The van der Waals surface area contributed by atoms with Crippen LogP contribution in [0.25, 0.3) is 0 Å². The van der Waals surface area contributed by atoms with Crippen molar-refractivity contribution in [3.63, 3.8) is 0 Å². The van der Waals surface area contributed by atoms with E-state index in [4.69, 9.17) is 10.3 Å². The fraction of sp³-hybridized carbons (Fsp3) is 0.400. The molecule has 1 amide bonds. The van der Waals surface area contributed by atoms with Gasteiger partial charge in [0.05, 0.1) is 0 Å². The summed E-state index contributed by atoms with van der Waals surface area (Å²) in [5.74, 6) is -0.652. The lowest BCUT2D eigenvalue weighted by Crippen LogP contribution is -2.43. The second kappa shape index (κ2) is 5.18. The minimum atomic E-state index is -2.29. The summed E-state index contributed by atoms with van der Waals surface area (Å²) in [6.07, 6.45) is 1.07. The van der Waals surface area contributed by atoms with Crippen LogP contribution in [-0.2, 0) is 16.1 Å². The number of carbonyl (C=O) groups is 1. The Hall–Kier alpha value is -0.530. The Labute approximate surface area is 78.4 Å². The van der Waals surface area contributed by atoms with Gasteiger partial charge in [0.15, 0.2) is 0 Å². The van der Waals surface area contributed by atoms with Gasteiger partial charge >= 0.3 is 0 Å². The second-order valence-electron chi connectivity index (χ2n) is 1.87. The molecule has 7 heteroatoms. The molecule has 0 aromatic carbocycles. The Morgan fingerprint density at radius 2 is 2.42 bits per heavy atom. The Kier molecular flexibility index (Phi) is 4.95. The van der Waals surface area contributed by atoms with E-state index in [9.17, 15) is 9.00 Å². The molecule has 0 spiro atoms. The molecule has 2 atom stereocenters. The first kappa shape index (κ1) is 11.5. The molecule has 0 saturated heterocycles. The van der Waals surface area contributed by atoms with E-state index in [0.29, 0.717) is 0 Å². The normalized spacial score (nSPS) is 14.8. The third-order valence-electron chi connectivity index (χ3n) is 1.17. The van der Waals surface area contributed by atoms with E-state index in [1.807, 2.05) is 0 Å². The minimum Gasteiger partial charge on any atom is -0.368 e. The van der Waals surface area contributed by atoms with Crippen LogP contribution in [0.2, 0.25) is 0 Å². The molecule has 0 saturated carbocycles. The van der Waals surface area contributed by atoms with E-state index < -0.39 is 23.2 Å². The van der Waals surface area contributed by atoms with Crippen molar-refractivity contribution in [2.75, 3.05) is 5.75 Å². The molecule has 2 unspecified atom stereocenters. The Balaban J connectivity index is 4.55. The van der Waals surface area contributed by atoms with Gasteiger partial charge in [-0.2, -0.15) is 12.6 Å². The number of amides is 1. The van der Waals surface area contributed by atoms with Crippen molar-refractivity contribution in [1.82, 2.24) is 4.31 Å². The van der Waals surface area contributed by atoms with E-state index in [-0.39, 0.29) is 5.75 Å². The topological polar surface area (TPSA) is 83.6 Å². The maximum Gasteiger partial charge on any atom is 0.262 e. The zero-order valence-electron chi connectivity index (χ0n) is 6.21. The first-order valence-electron chi connectivity index (χ1n) is 2.96. The van der Waals surface area contributed by atoms with Crippen molar-refractivity contribution in [2.45, 2.75) is 6.04 Å². The molecular weight excluding hydrogens is 200 g/mol. The molecule has 0 heterocycles. The first-order valence-corrected chi connectivity index (χ1v) is 4.66. The van der Waals surface area contributed by atoms with Gasteiger partial charge in [-0.15, -0.1) is 0 Å². The predicted octanol–water partition coefficient (Wildman–Crippen LogP) is -0.648. The lowest BCUT2D eigenvalue weighted by atomic mass is 10.3. The summed E-state index contributed by atoms with van der Waals surface area (Å²) in [5.41, 5.74) is 4.94. The summed E-state index contributed by atoms with van der Waals surface area (Å²) < 4.78 is 20.0. The number of hydrogen-bond donors (Lipinski definition) is 3. The summed E-state index contributed by atoms with van der Waals surface area (Å²) in [5, 5.41) is 0. The third kappa shape index (κ3) is 2.84. The fourth-order valence-corrected chi connectivity index (χ4v) is 1.59. The van der Waals surface area contributed by atoms with Crippen molar-refractivity contribution < 1.29 is 13.6 Å². The van der Waals surface area contributed by atoms with Crippen LogP contribution in [-0.4, -0.2) is 30.8 Å². The van der Waals surface area contributed by atoms with Gasteiger partial charge in [-0.25, -0.2) is 4.21 Å². The van der Waals surface area contributed by atoms with Gasteiger partial charge in [-0.1, -0.05) is 6.58 Å². The van der Waals surface area contributed by atoms with Crippen LogP contribution >= 0.6 is 12.6 Å². The number of rotatable bonds is 5. The van der Waals surface area contributed by atoms with Crippen LogP contribution in [0.3, 0.4) is 0 Å². The number of thiol groups is 1. The molecule has 12 heavy (non-hydrogen) atoms. The van der Waals surface area contributed by atoms with E-state index >= 15 is 0 Å². The van der Waals surface area contributed by atoms with Gasteiger partial charge in [0.1, 0.15) is 6.04 Å². The molecule has 0 fully saturated rings. The molecule has 0 bridgehead atoms. The minimum absolute atomic E-state index is 0.0631. The smallest absolute Gasteiger partial charge is 0.262 e. The SMILES string of the molecule is C=CN(C(CS)C(N)=O)S(=O)O. The molecule has 5 nitrogen and oxygen atoms in total. The molecule has 0 aromatic rings. The highest BCUT2D eigenvalue weighted by Gasteiger charge is 2.22. The Bertz CT molecular complexity index is 209. The molecule has 3 N–H and O–H groups in total. The standard InChI is InChI=1S/C5H10N2O3S2/c1-2-7(12(9)10)4(3-11)5(6)8/h2,4,11H,1,3H2,(H2,6,8)(H,9,10). The van der Waals surface area contributed by atoms with Crippen molar-refractivity contribution >= 4 is 29.8 Å². The number of primary amides is 1. The summed E-state index contributed by atoms with van der Waals surface area (Å²) in [7, 11) is 0. The number of nitrogens with zero attached hydrogens (tertiary/aromatic N) is 1. The summed E-state index contributed by atoms with van der Waals surface area (Å²) >= 11 is 1.52. The predicted molar refractivity (Wildman–Crippen MR) is 49.6 cm³/mol. The first-order chi connectivity index (χ1) is 5.54. The van der Waals surface area contributed by atoms with Crippen molar-refractivity contribution in [3.05, 3.63) is 12.8 Å². The molecule has 0 aliphatic heterocycles. The van der Waals surface area contributed by atoms with Gasteiger partial charge in [0, 0.05) is 12.0 Å². The lowest BCUT2D eigenvalue weighted by Gasteiger charge is -2.21. The van der Waals surface area contributed by atoms with Crippen molar-refractivity contribution in [1.29, 1.82) is 0 Å². The van der Waals surface area contributed by atoms with Crippen LogP contribution in [0.1, 0.15) is 0 Å². The van der Waals surface area contributed by atoms with Gasteiger partial charge in [-0.3, -0.25) is 13.7 Å². The van der Waals surface area contributed by atoms with Crippen LogP contribution in [0.4, 0.5) is 0 Å². The summed E-state index contributed by atoms with van der Waals surface area (Å²) in [6.45, 7) is 3.26. The van der Waals surface area contributed by atoms with Crippen LogP contribution in [0.15, 0.2) is 12.8 Å². The largest absolute Gasteiger partial charge is 0.368 e. The van der Waals surface area contributed by atoms with E-state index in [1.54, 1.807) is 0 Å². The highest BCUT2D eigenvalue weighted by molar-refractivity contribution is 7.80. The van der Waals surface area contributed by atoms with Crippen LogP contribution < -0.4 is 5.73 Å². The van der Waals surface area contributed by atoms with Gasteiger partial charge < -0.3 is 5.73 Å². The number of hydrogen-bond acceptors (Lipinski definition) is 3. The molecular formula is C5H10N2O3S2. The maximum absolute atomic E-state index is 10.7. The van der Waals surface area contributed by atoms with Crippen molar-refractivity contribution in [2.24, 2.45) is 5.73 Å². The van der Waals surface area contributed by atoms with Gasteiger partial charge in [0.25, 0.3) is 11.3 Å². The zero-order valence-corrected chi connectivity index (χ0v) is 7.92. The highest BCUT2D eigenvalue weighted by atomic mass is 32.2. The molecule has 0 aliphatic rings. The highest BCUT2D eigenvalue weighted by Crippen LogP contribution is 2.03. The average molecular weight is 210 g/mol. The van der Waals surface area contributed by atoms with E-state index in [2.05, 4.69) is 19.2 Å². The van der Waals surface area contributed by atoms with Crippen molar-refractivity contribution in [3.8, 4) is 0 Å². The van der Waals surface area contributed by atoms with Crippen LogP contribution in [0, 0.1) is 0 Å². The zero-order chi connectivity index (χ0) is 9.72. The fourth-order valence-electron chi connectivity index (χ4n) is 0.596. The molecule has 0 aromatic heterocycles. The maximum atomic E-state index is 10.7. The molecule has 70 valence electrons. The number of carbonyl (C=O) groups excluding carboxylic acids is 1. The average Bonchev–Trinajstić information content (AvgIpc) is 1.98. The number of nitrogens with two attached hydrogens (primary N) is 1. The van der Waals surface area contributed by atoms with Gasteiger partial charge in [-0.05, 0) is 0 Å². The second-order valence-corrected chi connectivity index (χ2v) is 3.12. The molecule has 0 rings (SSSR count). The summed E-state index contributed by atoms with van der Waals surface area (Å²) in [6, 6.07) is -0.906. The van der Waals surface area contributed by atoms with E-state index in [0.717, 1.165) is 10.5 Å². The molecule has 0 radical (unpaired) electrons.